The van der Waals surface area contributed by atoms with Crippen LogP contribution in [0, 0.1) is 12.7 Å². The number of hydrogen-bond acceptors (Lipinski definition) is 2. The summed E-state index contributed by atoms with van der Waals surface area (Å²) in [6.45, 7) is 1.70. The third kappa shape index (κ3) is 1.41. The second-order valence-corrected chi connectivity index (χ2v) is 3.91. The Morgan fingerprint density at radius 3 is 2.93 bits per heavy atom. The normalized spacial score (nSPS) is 10.9. The van der Waals surface area contributed by atoms with Crippen molar-refractivity contribution in [2.24, 2.45) is 0 Å². The van der Waals surface area contributed by atoms with E-state index in [1.807, 2.05) is 0 Å². The topological polar surface area (TPSA) is 55.1 Å². The van der Waals surface area contributed by atoms with E-state index in [9.17, 15) is 9.18 Å². The van der Waals surface area contributed by atoms with E-state index in [0.717, 1.165) is 10.8 Å². The highest BCUT2D eigenvalue weighted by molar-refractivity contribution is 9.10. The summed E-state index contributed by atoms with van der Waals surface area (Å²) in [6, 6.07) is 0. The lowest BCUT2D eigenvalue weighted by atomic mass is 10.2. The Morgan fingerprint density at radius 1 is 1.67 bits per heavy atom. The standard InChI is InChI=1S/C9H6BrFN2O2/c1-4-5(10)2-12-8-7(4)6(11)3-13(8)9(14)15/h2-3H,1H3,(H,14,15). The number of aryl methyl sites for hydroxylation is 1. The first-order valence-corrected chi connectivity index (χ1v) is 4.86. The van der Waals surface area contributed by atoms with Gasteiger partial charge in [0.05, 0.1) is 11.6 Å². The quantitative estimate of drug-likeness (QED) is 0.802. The molecule has 78 valence electrons. The summed E-state index contributed by atoms with van der Waals surface area (Å²) in [6.07, 6.45) is 1.12. The zero-order valence-electron chi connectivity index (χ0n) is 7.66. The molecule has 6 heteroatoms. The number of carboxylic acid groups (broad SMARTS) is 1. The fourth-order valence-electron chi connectivity index (χ4n) is 1.42. The molecule has 0 aliphatic heterocycles. The van der Waals surface area contributed by atoms with Gasteiger partial charge < -0.3 is 5.11 Å². The third-order valence-electron chi connectivity index (χ3n) is 2.17. The Kier molecular flexibility index (Phi) is 2.22. The van der Waals surface area contributed by atoms with Crippen LogP contribution in [0.4, 0.5) is 9.18 Å². The van der Waals surface area contributed by atoms with Crippen molar-refractivity contribution < 1.29 is 14.3 Å². The van der Waals surface area contributed by atoms with E-state index in [-0.39, 0.29) is 11.0 Å². The molecule has 15 heavy (non-hydrogen) atoms. The van der Waals surface area contributed by atoms with Gasteiger partial charge in [-0.25, -0.2) is 18.7 Å². The van der Waals surface area contributed by atoms with Gasteiger partial charge in [0.2, 0.25) is 0 Å². The van der Waals surface area contributed by atoms with Gasteiger partial charge in [0.25, 0.3) is 0 Å². The van der Waals surface area contributed by atoms with Crippen molar-refractivity contribution in [3.05, 3.63) is 28.2 Å². The van der Waals surface area contributed by atoms with Crippen molar-refractivity contribution in [3.63, 3.8) is 0 Å². The molecule has 2 aromatic heterocycles. The maximum atomic E-state index is 13.5. The van der Waals surface area contributed by atoms with Crippen molar-refractivity contribution >= 4 is 33.1 Å². The number of rotatable bonds is 0. The summed E-state index contributed by atoms with van der Waals surface area (Å²) in [5.41, 5.74) is 0.748. The molecule has 0 radical (unpaired) electrons. The molecular formula is C9H6BrFN2O2. The van der Waals surface area contributed by atoms with Crippen LogP contribution in [0.25, 0.3) is 11.0 Å². The van der Waals surface area contributed by atoms with Crippen LogP contribution < -0.4 is 0 Å². The van der Waals surface area contributed by atoms with Crippen LogP contribution in [-0.2, 0) is 0 Å². The first-order valence-electron chi connectivity index (χ1n) is 4.07. The maximum absolute atomic E-state index is 13.5. The molecule has 0 bridgehead atoms. The van der Waals surface area contributed by atoms with Crippen LogP contribution in [0.3, 0.4) is 0 Å². The molecule has 0 amide bonds. The van der Waals surface area contributed by atoms with Crippen molar-refractivity contribution in [1.82, 2.24) is 9.55 Å². The summed E-state index contributed by atoms with van der Waals surface area (Å²) in [4.78, 5) is 14.6. The highest BCUT2D eigenvalue weighted by Crippen LogP contribution is 2.27. The monoisotopic (exact) mass is 272 g/mol. The Bertz CT molecular complexity index is 565. The van der Waals surface area contributed by atoms with Gasteiger partial charge in [-0.05, 0) is 28.4 Å². The lowest BCUT2D eigenvalue weighted by Gasteiger charge is -2.00. The van der Waals surface area contributed by atoms with Gasteiger partial charge in [-0.1, -0.05) is 0 Å². The molecule has 1 N–H and O–H groups in total. The molecule has 0 atom stereocenters. The fraction of sp³-hybridized carbons (Fsp3) is 0.111. The number of pyridine rings is 1. The van der Waals surface area contributed by atoms with Gasteiger partial charge in [0.1, 0.15) is 0 Å². The Morgan fingerprint density at radius 2 is 2.33 bits per heavy atom. The minimum absolute atomic E-state index is 0.112. The predicted molar refractivity (Wildman–Crippen MR) is 55.6 cm³/mol. The van der Waals surface area contributed by atoms with E-state index >= 15 is 0 Å². The van der Waals surface area contributed by atoms with Gasteiger partial charge in [0.15, 0.2) is 11.5 Å². The summed E-state index contributed by atoms with van der Waals surface area (Å²) in [5, 5.41) is 9.03. The number of halogens is 2. The van der Waals surface area contributed by atoms with Crippen LogP contribution in [0.1, 0.15) is 5.56 Å². The minimum Gasteiger partial charge on any atom is -0.464 e. The zero-order valence-corrected chi connectivity index (χ0v) is 9.25. The minimum atomic E-state index is -1.25. The number of carbonyl (C=O) groups is 1. The molecule has 2 rings (SSSR count). The molecular weight excluding hydrogens is 267 g/mol. The average molecular weight is 273 g/mol. The van der Waals surface area contributed by atoms with E-state index in [4.69, 9.17) is 5.11 Å². The number of hydrogen-bond donors (Lipinski definition) is 1. The predicted octanol–water partition coefficient (Wildman–Crippen LogP) is 2.77. The van der Waals surface area contributed by atoms with Crippen molar-refractivity contribution in [2.75, 3.05) is 0 Å². The van der Waals surface area contributed by atoms with Gasteiger partial charge in [-0.2, -0.15) is 0 Å². The molecule has 0 spiro atoms. The number of aromatic nitrogens is 2. The molecule has 0 fully saturated rings. The lowest BCUT2D eigenvalue weighted by Crippen LogP contribution is -2.06. The van der Waals surface area contributed by atoms with Crippen LogP contribution in [0.2, 0.25) is 0 Å². The molecule has 0 aliphatic carbocycles. The molecule has 0 saturated carbocycles. The van der Waals surface area contributed by atoms with Crippen LogP contribution in [0.5, 0.6) is 0 Å². The fourth-order valence-corrected chi connectivity index (χ4v) is 1.72. The first kappa shape index (κ1) is 10.1. The lowest BCUT2D eigenvalue weighted by molar-refractivity contribution is 0.197. The SMILES string of the molecule is Cc1c(Br)cnc2c1c(F)cn2C(=O)O. The average Bonchev–Trinajstić information content (AvgIpc) is 2.50. The third-order valence-corrected chi connectivity index (χ3v) is 2.97. The van der Waals surface area contributed by atoms with Gasteiger partial charge in [-0.3, -0.25) is 0 Å². The molecule has 2 heterocycles. The van der Waals surface area contributed by atoms with Gasteiger partial charge in [-0.15, -0.1) is 0 Å². The largest absolute Gasteiger partial charge is 0.464 e. The highest BCUT2D eigenvalue weighted by atomic mass is 79.9. The van der Waals surface area contributed by atoms with Gasteiger partial charge >= 0.3 is 6.09 Å². The summed E-state index contributed by atoms with van der Waals surface area (Å²) >= 11 is 3.21. The maximum Gasteiger partial charge on any atom is 0.417 e. The Balaban J connectivity index is 2.92. The van der Waals surface area contributed by atoms with Crippen molar-refractivity contribution in [3.8, 4) is 0 Å². The summed E-state index contributed by atoms with van der Waals surface area (Å²) < 4.78 is 14.9. The second kappa shape index (κ2) is 3.30. The molecule has 0 aliphatic rings. The summed E-state index contributed by atoms with van der Waals surface area (Å²) in [5.74, 6) is -0.585. The molecule has 0 saturated heterocycles. The molecule has 0 unspecified atom stereocenters. The molecule has 4 nitrogen and oxygen atoms in total. The molecule has 2 aromatic rings. The van der Waals surface area contributed by atoms with E-state index in [0.29, 0.717) is 10.0 Å². The Labute approximate surface area is 92.5 Å². The van der Waals surface area contributed by atoms with E-state index < -0.39 is 11.9 Å². The Hall–Kier alpha value is -1.43. The first-order chi connectivity index (χ1) is 7.02. The smallest absolute Gasteiger partial charge is 0.417 e. The van der Waals surface area contributed by atoms with Crippen LogP contribution in [0.15, 0.2) is 16.9 Å². The number of fused-ring (bicyclic) bond motifs is 1. The van der Waals surface area contributed by atoms with Crippen LogP contribution in [-0.4, -0.2) is 20.8 Å². The van der Waals surface area contributed by atoms with Crippen molar-refractivity contribution in [1.29, 1.82) is 0 Å². The molecule has 0 aromatic carbocycles. The van der Waals surface area contributed by atoms with Crippen LogP contribution >= 0.6 is 15.9 Å². The van der Waals surface area contributed by atoms with Crippen molar-refractivity contribution in [2.45, 2.75) is 6.92 Å². The van der Waals surface area contributed by atoms with E-state index in [1.54, 1.807) is 6.92 Å². The highest BCUT2D eigenvalue weighted by Gasteiger charge is 2.16. The second-order valence-electron chi connectivity index (χ2n) is 3.06. The zero-order chi connectivity index (χ0) is 11.2. The number of nitrogens with zero attached hydrogens (tertiary/aromatic N) is 2. The van der Waals surface area contributed by atoms with E-state index in [1.165, 1.54) is 6.20 Å². The summed E-state index contributed by atoms with van der Waals surface area (Å²) in [7, 11) is 0. The van der Waals surface area contributed by atoms with E-state index in [2.05, 4.69) is 20.9 Å². The van der Waals surface area contributed by atoms with Gasteiger partial charge in [0, 0.05) is 10.7 Å².